The lowest BCUT2D eigenvalue weighted by molar-refractivity contribution is 0.152. The second-order valence-corrected chi connectivity index (χ2v) is 5.98. The number of rotatable bonds is 3. The van der Waals surface area contributed by atoms with Crippen molar-refractivity contribution < 1.29 is 4.74 Å². The fourth-order valence-corrected chi connectivity index (χ4v) is 3.09. The van der Waals surface area contributed by atoms with Crippen LogP contribution in [0.5, 0.6) is 0 Å². The molecule has 0 saturated carbocycles. The predicted molar refractivity (Wildman–Crippen MR) is 97.0 cm³/mol. The molecule has 0 spiro atoms. The van der Waals surface area contributed by atoms with Crippen molar-refractivity contribution in [3.8, 4) is 0 Å². The van der Waals surface area contributed by atoms with E-state index in [1.165, 1.54) is 11.1 Å². The van der Waals surface area contributed by atoms with E-state index in [4.69, 9.17) is 9.73 Å². The zero-order chi connectivity index (χ0) is 16.2. The fraction of sp³-hybridized carbons (Fsp3) is 0.136. The first kappa shape index (κ1) is 14.7. The van der Waals surface area contributed by atoms with Gasteiger partial charge in [0.15, 0.2) is 0 Å². The fourth-order valence-electron chi connectivity index (χ4n) is 3.09. The minimum Gasteiger partial charge on any atom is -0.469 e. The molecule has 3 aromatic carbocycles. The molecule has 118 valence electrons. The molecule has 24 heavy (non-hydrogen) atoms. The van der Waals surface area contributed by atoms with Gasteiger partial charge in [-0.1, -0.05) is 78.9 Å². The maximum atomic E-state index is 6.26. The molecule has 0 bridgehead atoms. The first-order valence-corrected chi connectivity index (χ1v) is 8.30. The topological polar surface area (TPSA) is 21.6 Å². The molecule has 0 radical (unpaired) electrons. The van der Waals surface area contributed by atoms with E-state index < -0.39 is 0 Å². The molecular formula is C22H19NO. The highest BCUT2D eigenvalue weighted by Crippen LogP contribution is 2.36. The maximum Gasteiger partial charge on any atom is 0.217 e. The van der Waals surface area contributed by atoms with Crippen molar-refractivity contribution in [3.63, 3.8) is 0 Å². The second kappa shape index (κ2) is 6.71. The summed E-state index contributed by atoms with van der Waals surface area (Å²) in [6, 6.07) is 31.1. The molecule has 4 rings (SSSR count). The molecule has 0 aromatic heterocycles. The van der Waals surface area contributed by atoms with Crippen molar-refractivity contribution in [2.24, 2.45) is 4.99 Å². The van der Waals surface area contributed by atoms with Gasteiger partial charge in [-0.3, -0.25) is 0 Å². The Labute approximate surface area is 142 Å². The van der Waals surface area contributed by atoms with Gasteiger partial charge in [-0.25, -0.2) is 4.99 Å². The Morgan fingerprint density at radius 3 is 1.83 bits per heavy atom. The zero-order valence-electron chi connectivity index (χ0n) is 13.4. The summed E-state index contributed by atoms with van der Waals surface area (Å²) in [7, 11) is 0. The Morgan fingerprint density at radius 1 is 0.667 bits per heavy atom. The van der Waals surface area contributed by atoms with Crippen molar-refractivity contribution in [2.45, 2.75) is 18.6 Å². The van der Waals surface area contributed by atoms with Crippen LogP contribution in [0.25, 0.3) is 0 Å². The van der Waals surface area contributed by atoms with Gasteiger partial charge < -0.3 is 4.74 Å². The van der Waals surface area contributed by atoms with Gasteiger partial charge >= 0.3 is 0 Å². The van der Waals surface area contributed by atoms with Crippen LogP contribution < -0.4 is 0 Å². The Balaban J connectivity index is 1.73. The standard InChI is InChI=1S/C22H19NO/c1-4-10-17(11-5-1)20-16-21(18-12-6-2-7-13-18)24-22(23-20)19-14-8-3-9-15-19/h1-15,20-21H,16H2/t20-,21-/m1/s1. The van der Waals surface area contributed by atoms with Crippen LogP contribution in [0.2, 0.25) is 0 Å². The predicted octanol–water partition coefficient (Wildman–Crippen LogP) is 5.34. The Kier molecular flexibility index (Phi) is 4.11. The van der Waals surface area contributed by atoms with E-state index in [2.05, 4.69) is 48.5 Å². The van der Waals surface area contributed by atoms with E-state index in [1.807, 2.05) is 42.5 Å². The molecule has 3 aromatic rings. The van der Waals surface area contributed by atoms with Crippen molar-refractivity contribution >= 4 is 5.90 Å². The monoisotopic (exact) mass is 313 g/mol. The van der Waals surface area contributed by atoms with Crippen LogP contribution in [0.3, 0.4) is 0 Å². The number of benzene rings is 3. The van der Waals surface area contributed by atoms with Crippen molar-refractivity contribution in [1.82, 2.24) is 0 Å². The summed E-state index contributed by atoms with van der Waals surface area (Å²) in [5.74, 6) is 0.726. The number of hydrogen-bond acceptors (Lipinski definition) is 2. The third-order valence-electron chi connectivity index (χ3n) is 4.34. The maximum absolute atomic E-state index is 6.26. The average Bonchev–Trinajstić information content (AvgIpc) is 2.70. The van der Waals surface area contributed by atoms with Crippen molar-refractivity contribution in [2.75, 3.05) is 0 Å². The molecule has 0 fully saturated rings. The van der Waals surface area contributed by atoms with Crippen LogP contribution in [0.1, 0.15) is 35.3 Å². The SMILES string of the molecule is c1ccc(C2=N[C@@H](c3ccccc3)C[C@H](c3ccccc3)O2)cc1. The molecule has 1 heterocycles. The minimum atomic E-state index is 0.0177. The average molecular weight is 313 g/mol. The van der Waals surface area contributed by atoms with Gasteiger partial charge in [0, 0.05) is 12.0 Å². The van der Waals surface area contributed by atoms with E-state index in [0.717, 1.165) is 17.9 Å². The van der Waals surface area contributed by atoms with E-state index in [9.17, 15) is 0 Å². The van der Waals surface area contributed by atoms with Gasteiger partial charge in [-0.05, 0) is 23.3 Å². The summed E-state index contributed by atoms with van der Waals surface area (Å²) in [5, 5.41) is 0. The molecular weight excluding hydrogens is 294 g/mol. The molecule has 0 aliphatic carbocycles. The largest absolute Gasteiger partial charge is 0.469 e. The van der Waals surface area contributed by atoms with Gasteiger partial charge in [0.25, 0.3) is 0 Å². The van der Waals surface area contributed by atoms with Crippen LogP contribution in [0.15, 0.2) is 96.0 Å². The molecule has 0 N–H and O–H groups in total. The highest BCUT2D eigenvalue weighted by atomic mass is 16.5. The highest BCUT2D eigenvalue weighted by molar-refractivity contribution is 5.94. The zero-order valence-corrected chi connectivity index (χ0v) is 13.4. The molecule has 2 nitrogen and oxygen atoms in total. The lowest BCUT2D eigenvalue weighted by Crippen LogP contribution is -2.21. The van der Waals surface area contributed by atoms with Gasteiger partial charge in [0.1, 0.15) is 6.10 Å². The van der Waals surface area contributed by atoms with E-state index in [-0.39, 0.29) is 12.1 Å². The third kappa shape index (κ3) is 3.09. The summed E-state index contributed by atoms with van der Waals surface area (Å²) >= 11 is 0. The second-order valence-electron chi connectivity index (χ2n) is 5.98. The molecule has 0 saturated heterocycles. The van der Waals surface area contributed by atoms with E-state index in [0.29, 0.717) is 0 Å². The Hall–Kier alpha value is -2.87. The van der Waals surface area contributed by atoms with Gasteiger partial charge in [0.2, 0.25) is 5.90 Å². The molecule has 1 aliphatic heterocycles. The van der Waals surface area contributed by atoms with Crippen LogP contribution >= 0.6 is 0 Å². The first-order valence-electron chi connectivity index (χ1n) is 8.30. The van der Waals surface area contributed by atoms with Crippen molar-refractivity contribution in [3.05, 3.63) is 108 Å². The van der Waals surface area contributed by atoms with Crippen LogP contribution in [0, 0.1) is 0 Å². The molecule has 2 heteroatoms. The number of hydrogen-bond donors (Lipinski definition) is 0. The van der Waals surface area contributed by atoms with E-state index >= 15 is 0 Å². The number of ether oxygens (including phenoxy) is 1. The first-order chi connectivity index (χ1) is 11.9. The van der Waals surface area contributed by atoms with E-state index in [1.54, 1.807) is 0 Å². The Morgan fingerprint density at radius 2 is 1.21 bits per heavy atom. The van der Waals surface area contributed by atoms with Crippen LogP contribution in [-0.4, -0.2) is 5.90 Å². The smallest absolute Gasteiger partial charge is 0.217 e. The van der Waals surface area contributed by atoms with Gasteiger partial charge in [-0.2, -0.15) is 0 Å². The summed E-state index contributed by atoms with van der Waals surface area (Å²) in [4.78, 5) is 4.89. The molecule has 0 unspecified atom stereocenters. The number of nitrogens with zero attached hydrogens (tertiary/aromatic N) is 1. The van der Waals surface area contributed by atoms with Gasteiger partial charge in [0.05, 0.1) is 6.04 Å². The molecule has 1 aliphatic rings. The normalized spacial score (nSPS) is 20.1. The van der Waals surface area contributed by atoms with Crippen LogP contribution in [0.4, 0.5) is 0 Å². The van der Waals surface area contributed by atoms with Crippen molar-refractivity contribution in [1.29, 1.82) is 0 Å². The summed E-state index contributed by atoms with van der Waals surface area (Å²) in [6.07, 6.45) is 0.869. The summed E-state index contributed by atoms with van der Waals surface area (Å²) < 4.78 is 6.26. The molecule has 0 amide bonds. The molecule has 2 atom stereocenters. The van der Waals surface area contributed by atoms with Gasteiger partial charge in [-0.15, -0.1) is 0 Å². The Bertz CT molecular complexity index is 812. The summed E-state index contributed by atoms with van der Waals surface area (Å²) in [6.45, 7) is 0. The lowest BCUT2D eigenvalue weighted by atomic mass is 9.95. The summed E-state index contributed by atoms with van der Waals surface area (Å²) in [5.41, 5.74) is 3.45. The van der Waals surface area contributed by atoms with Crippen LogP contribution in [-0.2, 0) is 4.74 Å². The lowest BCUT2D eigenvalue weighted by Gasteiger charge is -2.29. The third-order valence-corrected chi connectivity index (χ3v) is 4.34. The quantitative estimate of drug-likeness (QED) is 0.640. The minimum absolute atomic E-state index is 0.0177. The number of aliphatic imine (C=N–C) groups is 1. The highest BCUT2D eigenvalue weighted by Gasteiger charge is 2.27.